The van der Waals surface area contributed by atoms with Crippen molar-refractivity contribution >= 4 is 12.0 Å². The van der Waals surface area contributed by atoms with Gasteiger partial charge >= 0.3 is 12.0 Å². The normalized spacial score (nSPS) is 13.3. The van der Waals surface area contributed by atoms with Crippen LogP contribution in [0.2, 0.25) is 0 Å². The van der Waals surface area contributed by atoms with Crippen LogP contribution in [0, 0.1) is 5.82 Å². The molecule has 1 aliphatic rings. The first-order valence-corrected chi connectivity index (χ1v) is 8.14. The van der Waals surface area contributed by atoms with E-state index in [1.807, 2.05) is 0 Å². The number of halogens is 1. The van der Waals surface area contributed by atoms with Gasteiger partial charge in [-0.2, -0.15) is 0 Å². The third kappa shape index (κ3) is 4.35. The SMILES string of the molecule is O=C(O)c1ccc(CNC(=O)N(Cc2ccccc2F)C2CC2)cc1. The number of amides is 2. The van der Waals surface area contributed by atoms with Crippen LogP contribution in [0.3, 0.4) is 0 Å². The highest BCUT2D eigenvalue weighted by Gasteiger charge is 2.32. The summed E-state index contributed by atoms with van der Waals surface area (Å²) in [5.74, 6) is -1.30. The standard InChI is InChI=1S/C19H19FN2O3/c20-17-4-2-1-3-15(17)12-22(16-9-10-16)19(25)21-11-13-5-7-14(8-6-13)18(23)24/h1-8,16H,9-12H2,(H,21,25)(H,23,24). The number of carboxylic acid groups (broad SMARTS) is 1. The Kier molecular flexibility index (Phi) is 4.97. The molecule has 3 rings (SSSR count). The molecule has 2 aromatic rings. The van der Waals surface area contributed by atoms with E-state index in [1.54, 1.807) is 35.2 Å². The number of hydrogen-bond donors (Lipinski definition) is 2. The molecule has 0 aromatic heterocycles. The second kappa shape index (κ2) is 7.34. The summed E-state index contributed by atoms with van der Waals surface area (Å²) in [6.45, 7) is 0.528. The summed E-state index contributed by atoms with van der Waals surface area (Å²) >= 11 is 0. The molecule has 0 bridgehead atoms. The molecule has 2 aromatic carbocycles. The van der Waals surface area contributed by atoms with Crippen LogP contribution in [0.1, 0.15) is 34.3 Å². The first kappa shape index (κ1) is 17.0. The molecule has 0 unspecified atom stereocenters. The number of nitrogens with one attached hydrogen (secondary N) is 1. The summed E-state index contributed by atoms with van der Waals surface area (Å²) in [4.78, 5) is 25.0. The Morgan fingerprint density at radius 2 is 1.80 bits per heavy atom. The van der Waals surface area contributed by atoms with Crippen molar-refractivity contribution in [3.05, 3.63) is 71.0 Å². The van der Waals surface area contributed by atoms with E-state index in [9.17, 15) is 14.0 Å². The molecule has 0 spiro atoms. The molecule has 0 saturated heterocycles. The lowest BCUT2D eigenvalue weighted by molar-refractivity contribution is 0.0697. The van der Waals surface area contributed by atoms with E-state index < -0.39 is 5.97 Å². The van der Waals surface area contributed by atoms with Crippen LogP contribution in [0.25, 0.3) is 0 Å². The summed E-state index contributed by atoms with van der Waals surface area (Å²) in [6.07, 6.45) is 1.85. The van der Waals surface area contributed by atoms with Crippen LogP contribution < -0.4 is 5.32 Å². The van der Waals surface area contributed by atoms with E-state index in [4.69, 9.17) is 5.11 Å². The smallest absolute Gasteiger partial charge is 0.335 e. The highest BCUT2D eigenvalue weighted by Crippen LogP contribution is 2.28. The van der Waals surface area contributed by atoms with E-state index in [-0.39, 0.29) is 30.0 Å². The van der Waals surface area contributed by atoms with Crippen molar-refractivity contribution in [2.75, 3.05) is 0 Å². The third-order valence-electron chi connectivity index (χ3n) is 4.19. The van der Waals surface area contributed by atoms with Crippen molar-refractivity contribution in [2.45, 2.75) is 32.0 Å². The molecule has 0 atom stereocenters. The summed E-state index contributed by atoms with van der Waals surface area (Å²) in [6, 6.07) is 12.7. The lowest BCUT2D eigenvalue weighted by Crippen LogP contribution is -2.40. The second-order valence-electron chi connectivity index (χ2n) is 6.11. The van der Waals surface area contributed by atoms with Crippen LogP contribution in [0.4, 0.5) is 9.18 Å². The Morgan fingerprint density at radius 1 is 1.12 bits per heavy atom. The van der Waals surface area contributed by atoms with Crippen molar-refractivity contribution in [2.24, 2.45) is 0 Å². The molecule has 0 radical (unpaired) electrons. The van der Waals surface area contributed by atoms with Gasteiger partial charge in [-0.15, -0.1) is 0 Å². The minimum Gasteiger partial charge on any atom is -0.478 e. The molecule has 6 heteroatoms. The predicted molar refractivity (Wildman–Crippen MR) is 90.6 cm³/mol. The Hall–Kier alpha value is -2.89. The highest BCUT2D eigenvalue weighted by molar-refractivity contribution is 5.87. The van der Waals surface area contributed by atoms with Crippen LogP contribution in [-0.2, 0) is 13.1 Å². The van der Waals surface area contributed by atoms with E-state index in [2.05, 4.69) is 5.32 Å². The maximum atomic E-state index is 13.8. The molecule has 2 amide bonds. The van der Waals surface area contributed by atoms with E-state index >= 15 is 0 Å². The zero-order valence-electron chi connectivity index (χ0n) is 13.6. The average Bonchev–Trinajstić information content (AvgIpc) is 3.44. The van der Waals surface area contributed by atoms with Crippen LogP contribution in [0.15, 0.2) is 48.5 Å². The van der Waals surface area contributed by atoms with E-state index in [0.717, 1.165) is 18.4 Å². The fraction of sp³-hybridized carbons (Fsp3) is 0.263. The van der Waals surface area contributed by atoms with Gasteiger partial charge in [0.1, 0.15) is 5.82 Å². The molecule has 1 aliphatic carbocycles. The lowest BCUT2D eigenvalue weighted by atomic mass is 10.1. The zero-order chi connectivity index (χ0) is 17.8. The molecule has 5 nitrogen and oxygen atoms in total. The number of nitrogens with zero attached hydrogens (tertiary/aromatic N) is 1. The highest BCUT2D eigenvalue weighted by atomic mass is 19.1. The van der Waals surface area contributed by atoms with Crippen LogP contribution >= 0.6 is 0 Å². The number of urea groups is 1. The number of rotatable bonds is 6. The van der Waals surface area contributed by atoms with E-state index in [0.29, 0.717) is 12.1 Å². The van der Waals surface area contributed by atoms with Crippen LogP contribution in [0.5, 0.6) is 0 Å². The quantitative estimate of drug-likeness (QED) is 0.845. The minimum atomic E-state index is -0.986. The number of carbonyl (C=O) groups excluding carboxylic acids is 1. The Balaban J connectivity index is 1.61. The van der Waals surface area contributed by atoms with Gasteiger partial charge in [-0.1, -0.05) is 30.3 Å². The predicted octanol–water partition coefficient (Wildman–Crippen LogP) is 3.40. The van der Waals surface area contributed by atoms with Gasteiger partial charge in [0, 0.05) is 18.2 Å². The Labute approximate surface area is 145 Å². The van der Waals surface area contributed by atoms with Crippen LogP contribution in [-0.4, -0.2) is 28.0 Å². The first-order chi connectivity index (χ1) is 12.0. The molecule has 25 heavy (non-hydrogen) atoms. The largest absolute Gasteiger partial charge is 0.478 e. The molecule has 0 aliphatic heterocycles. The maximum absolute atomic E-state index is 13.8. The summed E-state index contributed by atoms with van der Waals surface area (Å²) in [7, 11) is 0. The fourth-order valence-corrected chi connectivity index (χ4v) is 2.61. The minimum absolute atomic E-state index is 0.147. The van der Waals surface area contributed by atoms with Gasteiger partial charge in [0.25, 0.3) is 0 Å². The number of carbonyl (C=O) groups is 2. The van der Waals surface area contributed by atoms with Gasteiger partial charge in [0.05, 0.1) is 12.1 Å². The van der Waals surface area contributed by atoms with Crippen molar-refractivity contribution in [1.82, 2.24) is 10.2 Å². The average molecular weight is 342 g/mol. The maximum Gasteiger partial charge on any atom is 0.335 e. The topological polar surface area (TPSA) is 69.6 Å². The molecule has 0 heterocycles. The number of aromatic carboxylic acids is 1. The van der Waals surface area contributed by atoms with E-state index in [1.165, 1.54) is 18.2 Å². The zero-order valence-corrected chi connectivity index (χ0v) is 13.6. The Morgan fingerprint density at radius 3 is 2.40 bits per heavy atom. The number of hydrogen-bond acceptors (Lipinski definition) is 2. The number of benzene rings is 2. The summed E-state index contributed by atoms with van der Waals surface area (Å²) in [5, 5.41) is 11.7. The first-order valence-electron chi connectivity index (χ1n) is 8.14. The monoisotopic (exact) mass is 342 g/mol. The summed E-state index contributed by atoms with van der Waals surface area (Å²) in [5.41, 5.74) is 1.50. The molecule has 1 saturated carbocycles. The molecule has 2 N–H and O–H groups in total. The second-order valence-corrected chi connectivity index (χ2v) is 6.11. The van der Waals surface area contributed by atoms with Gasteiger partial charge in [-0.25, -0.2) is 14.0 Å². The van der Waals surface area contributed by atoms with Crippen molar-refractivity contribution in [3.63, 3.8) is 0 Å². The Bertz CT molecular complexity index is 772. The molecular weight excluding hydrogens is 323 g/mol. The number of carboxylic acids is 1. The van der Waals surface area contributed by atoms with Gasteiger partial charge in [0.15, 0.2) is 0 Å². The third-order valence-corrected chi connectivity index (χ3v) is 4.19. The molecule has 130 valence electrons. The molecular formula is C19H19FN2O3. The lowest BCUT2D eigenvalue weighted by Gasteiger charge is -2.23. The van der Waals surface area contributed by atoms with Gasteiger partial charge in [-0.05, 0) is 36.6 Å². The molecule has 1 fully saturated rings. The van der Waals surface area contributed by atoms with Crippen molar-refractivity contribution in [3.8, 4) is 0 Å². The van der Waals surface area contributed by atoms with Crippen molar-refractivity contribution < 1.29 is 19.1 Å². The van der Waals surface area contributed by atoms with Gasteiger partial charge in [-0.3, -0.25) is 0 Å². The van der Waals surface area contributed by atoms with Gasteiger partial charge < -0.3 is 15.3 Å². The van der Waals surface area contributed by atoms with Gasteiger partial charge in [0.2, 0.25) is 0 Å². The fourth-order valence-electron chi connectivity index (χ4n) is 2.61. The van der Waals surface area contributed by atoms with Crippen molar-refractivity contribution in [1.29, 1.82) is 0 Å². The summed E-state index contributed by atoms with van der Waals surface area (Å²) < 4.78 is 13.8.